The lowest BCUT2D eigenvalue weighted by atomic mass is 9.74. The van der Waals surface area contributed by atoms with E-state index in [-0.39, 0.29) is 17.8 Å². The fourth-order valence-corrected chi connectivity index (χ4v) is 5.08. The molecule has 1 aliphatic carbocycles. The summed E-state index contributed by atoms with van der Waals surface area (Å²) in [5.74, 6) is 0.422. The van der Waals surface area contributed by atoms with E-state index in [4.69, 9.17) is 51.1 Å². The van der Waals surface area contributed by atoms with E-state index in [0.29, 0.717) is 39.5 Å². The van der Waals surface area contributed by atoms with Crippen LogP contribution in [0.2, 0.25) is 20.1 Å². The highest BCUT2D eigenvalue weighted by Crippen LogP contribution is 2.50. The van der Waals surface area contributed by atoms with Crippen LogP contribution < -0.4 is 0 Å². The molecule has 0 bridgehead atoms. The second kappa shape index (κ2) is 7.00. The van der Waals surface area contributed by atoms with Crippen LogP contribution in [0.4, 0.5) is 0 Å². The Kier molecular flexibility index (Phi) is 5.00. The number of hydrogen-bond donors (Lipinski definition) is 0. The SMILES string of the molecule is O=C1[C@@H]2OCC2CC1(Cc1ccc(Cl)cc1Cl)Cc1ccc(Cl)cc1Cl. The fraction of sp³-hybridized carbons (Fsp3) is 0.350. The van der Waals surface area contributed by atoms with Crippen LogP contribution in [0.3, 0.4) is 0 Å². The maximum absolute atomic E-state index is 13.2. The molecule has 1 saturated carbocycles. The van der Waals surface area contributed by atoms with Crippen LogP contribution in [0.1, 0.15) is 17.5 Å². The second-order valence-corrected chi connectivity index (χ2v) is 8.88. The fourth-order valence-electron chi connectivity index (χ4n) is 4.13. The molecule has 2 nitrogen and oxygen atoms in total. The number of halogens is 4. The van der Waals surface area contributed by atoms with Gasteiger partial charge < -0.3 is 4.74 Å². The summed E-state index contributed by atoms with van der Waals surface area (Å²) in [6.45, 7) is 0.640. The number of rotatable bonds is 4. The van der Waals surface area contributed by atoms with Crippen molar-refractivity contribution in [3.63, 3.8) is 0 Å². The first-order valence-electron chi connectivity index (χ1n) is 8.42. The van der Waals surface area contributed by atoms with Gasteiger partial charge in [-0.15, -0.1) is 0 Å². The van der Waals surface area contributed by atoms with E-state index in [0.717, 1.165) is 17.5 Å². The Bertz CT molecular complexity index is 827. The predicted molar refractivity (Wildman–Crippen MR) is 106 cm³/mol. The van der Waals surface area contributed by atoms with Crippen LogP contribution in [-0.4, -0.2) is 18.5 Å². The summed E-state index contributed by atoms with van der Waals surface area (Å²) >= 11 is 24.8. The van der Waals surface area contributed by atoms with E-state index < -0.39 is 5.41 Å². The van der Waals surface area contributed by atoms with Gasteiger partial charge in [0, 0.05) is 31.4 Å². The molecule has 2 fully saturated rings. The van der Waals surface area contributed by atoms with Crippen LogP contribution in [0.5, 0.6) is 0 Å². The topological polar surface area (TPSA) is 26.3 Å². The van der Waals surface area contributed by atoms with Crippen LogP contribution in [0.15, 0.2) is 36.4 Å². The molecule has 0 spiro atoms. The predicted octanol–water partition coefficient (Wildman–Crippen LogP) is 6.06. The molecule has 6 heteroatoms. The van der Waals surface area contributed by atoms with Crippen molar-refractivity contribution in [2.75, 3.05) is 6.61 Å². The quantitative estimate of drug-likeness (QED) is 0.590. The summed E-state index contributed by atoms with van der Waals surface area (Å²) < 4.78 is 5.54. The van der Waals surface area contributed by atoms with E-state index in [1.807, 2.05) is 12.1 Å². The summed E-state index contributed by atoms with van der Waals surface area (Å²) in [5, 5.41) is 2.31. The van der Waals surface area contributed by atoms with Crippen LogP contribution in [0.25, 0.3) is 0 Å². The summed E-state index contributed by atoms with van der Waals surface area (Å²) in [5.41, 5.74) is 1.24. The molecule has 2 atom stereocenters. The molecule has 2 aromatic rings. The van der Waals surface area contributed by atoms with Gasteiger partial charge in [-0.3, -0.25) is 4.79 Å². The number of benzene rings is 2. The van der Waals surface area contributed by atoms with Gasteiger partial charge in [0.05, 0.1) is 6.61 Å². The molecule has 0 amide bonds. The minimum Gasteiger partial charge on any atom is -0.370 e. The van der Waals surface area contributed by atoms with Crippen molar-refractivity contribution >= 4 is 52.2 Å². The zero-order valence-corrected chi connectivity index (χ0v) is 16.8. The molecule has 0 aromatic heterocycles. The first-order chi connectivity index (χ1) is 12.4. The smallest absolute Gasteiger partial charge is 0.168 e. The number of ketones is 1. The standard InChI is InChI=1S/C20H16Cl4O2/c21-14-3-1-11(16(23)5-14)7-20(9-13-10-26-18(13)19(20)25)8-12-2-4-15(22)6-17(12)24/h1-6,13,18H,7-10H2/t13?,18-/m1/s1. The van der Waals surface area contributed by atoms with E-state index in [1.54, 1.807) is 24.3 Å². The Labute approximate surface area is 172 Å². The Balaban J connectivity index is 1.72. The van der Waals surface area contributed by atoms with Crippen molar-refractivity contribution in [3.8, 4) is 0 Å². The number of carbonyl (C=O) groups excluding carboxylic acids is 1. The van der Waals surface area contributed by atoms with Gasteiger partial charge in [-0.2, -0.15) is 0 Å². The monoisotopic (exact) mass is 428 g/mol. The van der Waals surface area contributed by atoms with Gasteiger partial charge in [0.25, 0.3) is 0 Å². The zero-order chi connectivity index (χ0) is 18.5. The molecule has 2 aliphatic rings. The maximum Gasteiger partial charge on any atom is 0.168 e. The lowest BCUT2D eigenvalue weighted by molar-refractivity contribution is -0.149. The van der Waals surface area contributed by atoms with E-state index >= 15 is 0 Å². The molecular weight excluding hydrogens is 414 g/mol. The molecule has 4 rings (SSSR count). The third-order valence-electron chi connectivity index (χ3n) is 5.44. The van der Waals surface area contributed by atoms with E-state index in [9.17, 15) is 4.79 Å². The molecule has 0 radical (unpaired) electrons. The molecule has 1 aliphatic heterocycles. The van der Waals surface area contributed by atoms with Gasteiger partial charge in [-0.1, -0.05) is 58.5 Å². The molecule has 2 aromatic carbocycles. The zero-order valence-electron chi connectivity index (χ0n) is 13.8. The van der Waals surface area contributed by atoms with Crippen molar-refractivity contribution in [1.82, 2.24) is 0 Å². The van der Waals surface area contributed by atoms with Crippen LogP contribution in [0, 0.1) is 11.3 Å². The van der Waals surface area contributed by atoms with E-state index in [1.165, 1.54) is 0 Å². The van der Waals surface area contributed by atoms with Gasteiger partial charge in [0.2, 0.25) is 0 Å². The van der Waals surface area contributed by atoms with Gasteiger partial charge in [0.15, 0.2) is 5.78 Å². The Hall–Kier alpha value is -0.770. The van der Waals surface area contributed by atoms with Gasteiger partial charge in [-0.25, -0.2) is 0 Å². The largest absolute Gasteiger partial charge is 0.370 e. The molecular formula is C20H16Cl4O2. The van der Waals surface area contributed by atoms with Crippen LogP contribution in [-0.2, 0) is 22.4 Å². The highest BCUT2D eigenvalue weighted by atomic mass is 35.5. The first-order valence-corrected chi connectivity index (χ1v) is 9.93. The minimum absolute atomic E-state index is 0.144. The highest BCUT2D eigenvalue weighted by Gasteiger charge is 2.57. The summed E-state index contributed by atoms with van der Waals surface area (Å²) in [6.07, 6.45) is 1.55. The summed E-state index contributed by atoms with van der Waals surface area (Å²) in [7, 11) is 0. The lowest BCUT2D eigenvalue weighted by Gasteiger charge is -2.29. The van der Waals surface area contributed by atoms with Gasteiger partial charge in [-0.05, 0) is 54.7 Å². The Morgan fingerprint density at radius 2 is 1.46 bits per heavy atom. The normalized spacial score (nSPS) is 23.6. The highest BCUT2D eigenvalue weighted by molar-refractivity contribution is 6.35. The average Bonchev–Trinajstić information content (AvgIpc) is 2.73. The Morgan fingerprint density at radius 1 is 0.923 bits per heavy atom. The van der Waals surface area contributed by atoms with Crippen molar-refractivity contribution < 1.29 is 9.53 Å². The molecule has 1 heterocycles. The summed E-state index contributed by atoms with van der Waals surface area (Å²) in [4.78, 5) is 13.2. The number of fused-ring (bicyclic) bond motifs is 1. The van der Waals surface area contributed by atoms with Gasteiger partial charge >= 0.3 is 0 Å². The summed E-state index contributed by atoms with van der Waals surface area (Å²) in [6, 6.07) is 10.8. The van der Waals surface area contributed by atoms with Crippen molar-refractivity contribution in [2.45, 2.75) is 25.4 Å². The second-order valence-electron chi connectivity index (χ2n) is 7.19. The third kappa shape index (κ3) is 3.27. The molecule has 136 valence electrons. The van der Waals surface area contributed by atoms with E-state index in [2.05, 4.69) is 0 Å². The molecule has 1 saturated heterocycles. The minimum atomic E-state index is -0.583. The third-order valence-corrected chi connectivity index (χ3v) is 6.61. The van der Waals surface area contributed by atoms with Gasteiger partial charge in [0.1, 0.15) is 6.10 Å². The van der Waals surface area contributed by atoms with Crippen molar-refractivity contribution in [1.29, 1.82) is 0 Å². The molecule has 26 heavy (non-hydrogen) atoms. The van der Waals surface area contributed by atoms with Crippen molar-refractivity contribution in [3.05, 3.63) is 67.6 Å². The number of hydrogen-bond acceptors (Lipinski definition) is 2. The average molecular weight is 430 g/mol. The molecule has 1 unspecified atom stereocenters. The first kappa shape index (κ1) is 18.6. The number of Topliss-reactive ketones (excluding diaryl/α,β-unsaturated/α-hetero) is 1. The lowest BCUT2D eigenvalue weighted by Crippen LogP contribution is -2.42. The van der Waals surface area contributed by atoms with Crippen LogP contribution >= 0.6 is 46.4 Å². The maximum atomic E-state index is 13.2. The molecule has 0 N–H and O–H groups in total. The number of ether oxygens (including phenoxy) is 1. The Morgan fingerprint density at radius 3 is 1.81 bits per heavy atom. The number of carbonyl (C=O) groups is 1. The van der Waals surface area contributed by atoms with Crippen molar-refractivity contribution in [2.24, 2.45) is 11.3 Å².